The second-order valence-corrected chi connectivity index (χ2v) is 8.02. The summed E-state index contributed by atoms with van der Waals surface area (Å²) in [5.41, 5.74) is 0.443. The van der Waals surface area contributed by atoms with Gasteiger partial charge in [-0.3, -0.25) is 4.72 Å². The van der Waals surface area contributed by atoms with Crippen LogP contribution in [0.3, 0.4) is 0 Å². The van der Waals surface area contributed by atoms with Gasteiger partial charge in [-0.25, -0.2) is 13.8 Å². The molecule has 1 aliphatic heterocycles. The van der Waals surface area contributed by atoms with Crippen LogP contribution in [0.5, 0.6) is 11.5 Å². The maximum absolute atomic E-state index is 14.4. The van der Waals surface area contributed by atoms with Crippen LogP contribution in [0.15, 0.2) is 41.1 Å². The molecule has 1 fully saturated rings. The van der Waals surface area contributed by atoms with E-state index in [2.05, 4.69) is 9.71 Å². The van der Waals surface area contributed by atoms with Gasteiger partial charge in [0.05, 0.1) is 5.69 Å². The summed E-state index contributed by atoms with van der Waals surface area (Å²) in [6.45, 7) is -0.265. The zero-order valence-electron chi connectivity index (χ0n) is 14.8. The number of anilines is 1. The minimum Gasteiger partial charge on any atom is -0.453 e. The van der Waals surface area contributed by atoms with Crippen molar-refractivity contribution in [1.82, 2.24) is 9.29 Å². The molecule has 0 unspecified atom stereocenters. The first-order chi connectivity index (χ1) is 13.9. The second kappa shape index (κ2) is 7.31. The van der Waals surface area contributed by atoms with Crippen molar-refractivity contribution in [2.45, 2.75) is 12.6 Å². The van der Waals surface area contributed by atoms with Gasteiger partial charge in [-0.2, -0.15) is 18.0 Å². The molecule has 0 bridgehead atoms. The van der Waals surface area contributed by atoms with Crippen molar-refractivity contribution < 1.29 is 26.4 Å². The molecule has 1 atom stereocenters. The monoisotopic (exact) mass is 420 g/mol. The Balaban J connectivity index is 1.67. The molecule has 1 N–H and O–H groups in total. The van der Waals surface area contributed by atoms with Crippen molar-refractivity contribution in [2.24, 2.45) is 0 Å². The predicted molar refractivity (Wildman–Crippen MR) is 98.8 cm³/mol. The van der Waals surface area contributed by atoms with Crippen LogP contribution in [0.4, 0.5) is 14.5 Å². The Kier molecular flexibility index (Phi) is 4.81. The molecule has 1 aromatic heterocycles. The fourth-order valence-electron chi connectivity index (χ4n) is 2.98. The van der Waals surface area contributed by atoms with E-state index in [4.69, 9.17) is 9.15 Å². The molecular weight excluding hydrogens is 406 g/mol. The predicted octanol–water partition coefficient (Wildman–Crippen LogP) is 3.33. The molecule has 2 heterocycles. The van der Waals surface area contributed by atoms with Crippen molar-refractivity contribution in [2.75, 3.05) is 17.8 Å². The second-order valence-electron chi connectivity index (χ2n) is 6.35. The summed E-state index contributed by atoms with van der Waals surface area (Å²) < 4.78 is 66.5. The van der Waals surface area contributed by atoms with E-state index in [0.29, 0.717) is 11.1 Å². The van der Waals surface area contributed by atoms with E-state index in [-0.39, 0.29) is 36.5 Å². The van der Waals surface area contributed by atoms with Gasteiger partial charge in [0.25, 0.3) is 0 Å². The molecule has 0 amide bonds. The number of hydrogen-bond donors (Lipinski definition) is 1. The van der Waals surface area contributed by atoms with E-state index >= 15 is 0 Å². The zero-order chi connectivity index (χ0) is 20.6. The topological polar surface area (TPSA) is 108 Å². The minimum atomic E-state index is -4.11. The van der Waals surface area contributed by atoms with E-state index in [1.54, 1.807) is 12.1 Å². The van der Waals surface area contributed by atoms with Gasteiger partial charge >= 0.3 is 10.2 Å². The number of halogens is 2. The van der Waals surface area contributed by atoms with E-state index in [1.807, 2.05) is 0 Å². The van der Waals surface area contributed by atoms with E-state index in [9.17, 15) is 22.5 Å². The SMILES string of the molecule is N#Cc1c(NS(=O)(=O)N2CC[C@H](F)C2)ccc(F)c1Oc1ccc2ncoc2c1. The number of hydrogen-bond acceptors (Lipinski definition) is 6. The van der Waals surface area contributed by atoms with Crippen LogP contribution in [-0.2, 0) is 10.2 Å². The number of fused-ring (bicyclic) bond motifs is 1. The molecule has 29 heavy (non-hydrogen) atoms. The van der Waals surface area contributed by atoms with Crippen LogP contribution < -0.4 is 9.46 Å². The number of nitrogens with one attached hydrogen (secondary N) is 1. The summed E-state index contributed by atoms with van der Waals surface area (Å²) in [5, 5.41) is 9.51. The third-order valence-electron chi connectivity index (χ3n) is 4.42. The zero-order valence-corrected chi connectivity index (χ0v) is 15.6. The lowest BCUT2D eigenvalue weighted by molar-refractivity contribution is 0.343. The van der Waals surface area contributed by atoms with Crippen molar-refractivity contribution in [3.8, 4) is 17.6 Å². The lowest BCUT2D eigenvalue weighted by Crippen LogP contribution is -2.34. The third kappa shape index (κ3) is 3.72. The number of benzene rings is 2. The molecule has 0 aliphatic carbocycles. The minimum absolute atomic E-state index is 0.0140. The van der Waals surface area contributed by atoms with Gasteiger partial charge in [0.15, 0.2) is 23.5 Å². The summed E-state index contributed by atoms with van der Waals surface area (Å²) in [6.07, 6.45) is 0.0828. The molecular formula is C18H14F2N4O4S. The van der Waals surface area contributed by atoms with E-state index < -0.39 is 27.9 Å². The molecule has 1 saturated heterocycles. The van der Waals surface area contributed by atoms with Crippen molar-refractivity contribution in [3.05, 3.63) is 48.1 Å². The summed E-state index contributed by atoms with van der Waals surface area (Å²) in [6, 6.07) is 8.41. The fourth-order valence-corrected chi connectivity index (χ4v) is 4.26. The van der Waals surface area contributed by atoms with Gasteiger partial charge in [0.2, 0.25) is 0 Å². The quantitative estimate of drug-likeness (QED) is 0.678. The largest absolute Gasteiger partial charge is 0.453 e. The number of nitrogens with zero attached hydrogens (tertiary/aromatic N) is 3. The van der Waals surface area contributed by atoms with Gasteiger partial charge in [-0.15, -0.1) is 0 Å². The molecule has 0 saturated carbocycles. The molecule has 3 aromatic rings. The van der Waals surface area contributed by atoms with Gasteiger partial charge in [-0.05, 0) is 30.7 Å². The third-order valence-corrected chi connectivity index (χ3v) is 5.91. The Labute approximate surface area is 164 Å². The smallest absolute Gasteiger partial charge is 0.301 e. The van der Waals surface area contributed by atoms with Crippen LogP contribution in [0, 0.1) is 17.1 Å². The van der Waals surface area contributed by atoms with Crippen LogP contribution >= 0.6 is 0 Å². The average molecular weight is 420 g/mol. The highest BCUT2D eigenvalue weighted by molar-refractivity contribution is 7.90. The Morgan fingerprint density at radius 1 is 1.34 bits per heavy atom. The Bertz CT molecular complexity index is 1220. The average Bonchev–Trinajstić information content (AvgIpc) is 3.33. The van der Waals surface area contributed by atoms with Gasteiger partial charge in [-0.1, -0.05) is 0 Å². The van der Waals surface area contributed by atoms with Crippen LogP contribution in [0.1, 0.15) is 12.0 Å². The first kappa shape index (κ1) is 19.1. The fraction of sp³-hybridized carbons (Fsp3) is 0.222. The highest BCUT2D eigenvalue weighted by Crippen LogP contribution is 2.34. The van der Waals surface area contributed by atoms with Crippen molar-refractivity contribution in [3.63, 3.8) is 0 Å². The van der Waals surface area contributed by atoms with E-state index in [1.165, 1.54) is 18.5 Å². The number of oxazole rings is 1. The molecule has 11 heteroatoms. The molecule has 0 radical (unpaired) electrons. The Hall–Kier alpha value is -3.23. The first-order valence-electron chi connectivity index (χ1n) is 8.53. The maximum Gasteiger partial charge on any atom is 0.301 e. The highest BCUT2D eigenvalue weighted by atomic mass is 32.2. The van der Waals surface area contributed by atoms with Crippen LogP contribution in [-0.4, -0.2) is 37.0 Å². The number of rotatable bonds is 5. The molecule has 8 nitrogen and oxygen atoms in total. The summed E-state index contributed by atoms with van der Waals surface area (Å²) in [4.78, 5) is 3.96. The molecule has 1 aliphatic rings. The summed E-state index contributed by atoms with van der Waals surface area (Å²) in [5.74, 6) is -1.13. The van der Waals surface area contributed by atoms with Gasteiger partial charge < -0.3 is 9.15 Å². The lowest BCUT2D eigenvalue weighted by atomic mass is 10.1. The molecule has 2 aromatic carbocycles. The van der Waals surface area contributed by atoms with Crippen molar-refractivity contribution in [1.29, 1.82) is 5.26 Å². The normalized spacial score (nSPS) is 17.3. The lowest BCUT2D eigenvalue weighted by Gasteiger charge is -2.18. The number of aromatic nitrogens is 1. The first-order valence-corrected chi connectivity index (χ1v) is 9.97. The van der Waals surface area contributed by atoms with Crippen LogP contribution in [0.25, 0.3) is 11.1 Å². The summed E-state index contributed by atoms with van der Waals surface area (Å²) >= 11 is 0. The van der Waals surface area contributed by atoms with E-state index in [0.717, 1.165) is 16.4 Å². The Morgan fingerprint density at radius 3 is 2.90 bits per heavy atom. The Morgan fingerprint density at radius 2 is 2.17 bits per heavy atom. The summed E-state index contributed by atoms with van der Waals surface area (Å²) in [7, 11) is -4.11. The molecule has 150 valence electrons. The van der Waals surface area contributed by atoms with Crippen molar-refractivity contribution >= 4 is 27.0 Å². The molecule has 0 spiro atoms. The maximum atomic E-state index is 14.4. The number of ether oxygens (including phenoxy) is 1. The van der Waals surface area contributed by atoms with Crippen LogP contribution in [0.2, 0.25) is 0 Å². The standard InChI is InChI=1S/C18H14F2N4O4S/c19-11-5-6-24(9-11)29(25,26)23-15-4-2-14(20)18(13(15)8-21)28-12-1-3-16-17(7-12)27-10-22-16/h1-4,7,10-11,23H,5-6,9H2/t11-/m0/s1. The highest BCUT2D eigenvalue weighted by Gasteiger charge is 2.32. The molecule has 4 rings (SSSR count). The van der Waals surface area contributed by atoms with Gasteiger partial charge in [0.1, 0.15) is 29.1 Å². The number of alkyl halides is 1. The van der Waals surface area contributed by atoms with Gasteiger partial charge in [0, 0.05) is 19.2 Å². The number of nitriles is 1.